The summed E-state index contributed by atoms with van der Waals surface area (Å²) in [7, 11) is 0. The number of para-hydroxylation sites is 2. The van der Waals surface area contributed by atoms with Gasteiger partial charge in [-0.25, -0.2) is 4.79 Å². The van der Waals surface area contributed by atoms with Gasteiger partial charge in [-0.2, -0.15) is 0 Å². The molecule has 1 aliphatic rings. The van der Waals surface area contributed by atoms with Crippen molar-refractivity contribution in [2.75, 3.05) is 13.1 Å². The maximum Gasteiger partial charge on any atom is 0.419 e. The fourth-order valence-corrected chi connectivity index (χ4v) is 4.21. The maximum absolute atomic E-state index is 12.1. The Morgan fingerprint density at radius 3 is 2.77 bits per heavy atom. The van der Waals surface area contributed by atoms with Crippen molar-refractivity contribution in [2.24, 2.45) is 0 Å². The number of nitrogens with zero attached hydrogens (tertiary/aromatic N) is 2. The largest absolute Gasteiger partial charge is 0.419 e. The van der Waals surface area contributed by atoms with Crippen LogP contribution >= 0.6 is 11.6 Å². The molecule has 0 radical (unpaired) electrons. The number of halogens is 1. The Morgan fingerprint density at radius 1 is 1.08 bits per heavy atom. The lowest BCUT2D eigenvalue weighted by Gasteiger charge is -2.25. The van der Waals surface area contributed by atoms with Crippen LogP contribution in [-0.4, -0.2) is 28.6 Å². The Hall–Kier alpha value is -2.04. The number of aromatic nitrogens is 1. The van der Waals surface area contributed by atoms with Gasteiger partial charge in [0.25, 0.3) is 0 Å². The third-order valence-corrected chi connectivity index (χ3v) is 5.68. The first kappa shape index (κ1) is 17.4. The number of benzene rings is 2. The van der Waals surface area contributed by atoms with Gasteiger partial charge in [-0.3, -0.25) is 9.47 Å². The Labute approximate surface area is 158 Å². The molecule has 2 heterocycles. The second kappa shape index (κ2) is 7.68. The summed E-state index contributed by atoms with van der Waals surface area (Å²) >= 11 is 6.33. The summed E-state index contributed by atoms with van der Waals surface area (Å²) in [6, 6.07) is 16.3. The van der Waals surface area contributed by atoms with Gasteiger partial charge in [0.1, 0.15) is 0 Å². The van der Waals surface area contributed by atoms with E-state index in [0.717, 1.165) is 36.5 Å². The van der Waals surface area contributed by atoms with E-state index in [1.807, 2.05) is 36.4 Å². The van der Waals surface area contributed by atoms with E-state index in [-0.39, 0.29) is 5.76 Å². The van der Waals surface area contributed by atoms with Crippen LogP contribution in [0, 0.1) is 0 Å². The zero-order valence-electron chi connectivity index (χ0n) is 14.7. The molecular formula is C21H23ClN2O2. The first-order valence-corrected chi connectivity index (χ1v) is 9.66. The highest BCUT2D eigenvalue weighted by atomic mass is 35.5. The number of hydrogen-bond donors (Lipinski definition) is 0. The fraction of sp³-hybridized carbons (Fsp3) is 0.381. The summed E-state index contributed by atoms with van der Waals surface area (Å²) in [6.07, 6.45) is 4.36. The van der Waals surface area contributed by atoms with Gasteiger partial charge in [-0.15, -0.1) is 0 Å². The van der Waals surface area contributed by atoms with Crippen LogP contribution in [0.2, 0.25) is 5.02 Å². The third-order valence-electron chi connectivity index (χ3n) is 5.31. The number of oxazole rings is 1. The molecular weight excluding hydrogens is 348 g/mol. The third kappa shape index (κ3) is 3.57. The lowest BCUT2D eigenvalue weighted by atomic mass is 10.0. The minimum Gasteiger partial charge on any atom is -0.408 e. The molecule has 26 heavy (non-hydrogen) atoms. The fourth-order valence-electron chi connectivity index (χ4n) is 4.00. The molecule has 1 atom stereocenters. The van der Waals surface area contributed by atoms with E-state index in [4.69, 9.17) is 16.0 Å². The molecule has 1 aliphatic heterocycles. The van der Waals surface area contributed by atoms with Gasteiger partial charge in [-0.1, -0.05) is 41.9 Å². The molecule has 1 fully saturated rings. The molecule has 5 heteroatoms. The highest BCUT2D eigenvalue weighted by molar-refractivity contribution is 6.31. The number of likely N-dealkylation sites (tertiary alicyclic amines) is 1. The zero-order chi connectivity index (χ0) is 17.9. The summed E-state index contributed by atoms with van der Waals surface area (Å²) in [5.41, 5.74) is 2.77. The number of fused-ring (bicyclic) bond motifs is 1. The van der Waals surface area contributed by atoms with E-state index in [1.54, 1.807) is 4.57 Å². The monoisotopic (exact) mass is 370 g/mol. The van der Waals surface area contributed by atoms with Crippen molar-refractivity contribution in [3.63, 3.8) is 0 Å². The van der Waals surface area contributed by atoms with Crippen LogP contribution in [0.3, 0.4) is 0 Å². The van der Waals surface area contributed by atoms with Gasteiger partial charge in [-0.05, 0) is 56.0 Å². The van der Waals surface area contributed by atoms with Crippen molar-refractivity contribution in [3.05, 3.63) is 69.7 Å². The van der Waals surface area contributed by atoms with Crippen molar-refractivity contribution in [3.8, 4) is 0 Å². The summed E-state index contributed by atoms with van der Waals surface area (Å²) in [4.78, 5) is 14.6. The molecule has 136 valence electrons. The molecule has 0 spiro atoms. The molecule has 0 amide bonds. The van der Waals surface area contributed by atoms with Crippen molar-refractivity contribution in [2.45, 2.75) is 38.3 Å². The normalized spacial score (nSPS) is 18.0. The first-order valence-electron chi connectivity index (χ1n) is 9.28. The van der Waals surface area contributed by atoms with Gasteiger partial charge in [0.2, 0.25) is 0 Å². The Kier molecular flexibility index (Phi) is 5.14. The molecule has 1 saturated heterocycles. The summed E-state index contributed by atoms with van der Waals surface area (Å²) in [5, 5.41) is 0.857. The minimum absolute atomic E-state index is 0.264. The number of hydrogen-bond acceptors (Lipinski definition) is 3. The second-order valence-corrected chi connectivity index (χ2v) is 7.38. The van der Waals surface area contributed by atoms with E-state index in [1.165, 1.54) is 18.4 Å². The van der Waals surface area contributed by atoms with Crippen molar-refractivity contribution in [1.82, 2.24) is 9.47 Å². The molecule has 0 bridgehead atoms. The van der Waals surface area contributed by atoms with Crippen LogP contribution in [-0.2, 0) is 13.0 Å². The summed E-state index contributed by atoms with van der Waals surface area (Å²) in [6.45, 7) is 2.79. The molecule has 1 unspecified atom stereocenters. The van der Waals surface area contributed by atoms with Crippen molar-refractivity contribution >= 4 is 22.7 Å². The predicted molar refractivity (Wildman–Crippen MR) is 105 cm³/mol. The second-order valence-electron chi connectivity index (χ2n) is 6.97. The lowest BCUT2D eigenvalue weighted by Crippen LogP contribution is -2.33. The molecule has 1 aromatic heterocycles. The van der Waals surface area contributed by atoms with Crippen LogP contribution in [0.25, 0.3) is 11.1 Å². The quantitative estimate of drug-likeness (QED) is 0.647. The van der Waals surface area contributed by atoms with Crippen LogP contribution in [0.1, 0.15) is 24.8 Å². The van der Waals surface area contributed by atoms with E-state index >= 15 is 0 Å². The van der Waals surface area contributed by atoms with Crippen LogP contribution in [0.4, 0.5) is 0 Å². The minimum atomic E-state index is -0.264. The Morgan fingerprint density at radius 2 is 1.88 bits per heavy atom. The van der Waals surface area contributed by atoms with E-state index in [9.17, 15) is 4.79 Å². The first-order chi connectivity index (χ1) is 12.7. The van der Waals surface area contributed by atoms with E-state index < -0.39 is 0 Å². The lowest BCUT2D eigenvalue weighted by molar-refractivity contribution is 0.244. The average Bonchev–Trinajstić information content (AvgIpc) is 3.21. The van der Waals surface area contributed by atoms with E-state index in [2.05, 4.69) is 17.0 Å². The highest BCUT2D eigenvalue weighted by Crippen LogP contribution is 2.25. The predicted octanol–water partition coefficient (Wildman–Crippen LogP) is 4.35. The topological polar surface area (TPSA) is 38.4 Å². The highest BCUT2D eigenvalue weighted by Gasteiger charge is 2.24. The van der Waals surface area contributed by atoms with E-state index in [0.29, 0.717) is 18.2 Å². The molecule has 0 saturated carbocycles. The molecule has 0 aliphatic carbocycles. The molecule has 0 N–H and O–H groups in total. The Balaban J connectivity index is 1.38. The average molecular weight is 371 g/mol. The van der Waals surface area contributed by atoms with Crippen LogP contribution in [0.5, 0.6) is 0 Å². The van der Waals surface area contributed by atoms with Gasteiger partial charge in [0.15, 0.2) is 5.58 Å². The smallest absolute Gasteiger partial charge is 0.408 e. The van der Waals surface area contributed by atoms with Crippen LogP contribution in [0.15, 0.2) is 57.7 Å². The summed E-state index contributed by atoms with van der Waals surface area (Å²) < 4.78 is 7.06. The van der Waals surface area contributed by atoms with Crippen LogP contribution < -0.4 is 5.76 Å². The van der Waals surface area contributed by atoms with Gasteiger partial charge in [0, 0.05) is 24.2 Å². The number of rotatable bonds is 6. The van der Waals surface area contributed by atoms with Crippen molar-refractivity contribution in [1.29, 1.82) is 0 Å². The van der Waals surface area contributed by atoms with Gasteiger partial charge >= 0.3 is 5.76 Å². The SMILES string of the molecule is O=c1oc2ccccc2n1CCCN1CCCC1Cc1ccccc1Cl. The molecule has 3 aromatic rings. The number of aryl methyl sites for hydroxylation is 1. The maximum atomic E-state index is 12.1. The van der Waals surface area contributed by atoms with Gasteiger partial charge < -0.3 is 4.42 Å². The standard InChI is InChI=1S/C21H23ClN2O2/c22-18-9-2-1-7-16(18)15-17-8-5-12-23(17)13-6-14-24-19-10-3-4-11-20(19)26-21(24)25/h1-4,7,9-11,17H,5-6,8,12-15H2. The zero-order valence-corrected chi connectivity index (χ0v) is 15.5. The Bertz CT molecular complexity index is 946. The summed E-state index contributed by atoms with van der Waals surface area (Å²) in [5.74, 6) is -0.264. The molecule has 4 nitrogen and oxygen atoms in total. The molecule has 2 aromatic carbocycles. The molecule has 4 rings (SSSR count). The van der Waals surface area contributed by atoms with Crippen molar-refractivity contribution < 1.29 is 4.42 Å². The van der Waals surface area contributed by atoms with Gasteiger partial charge in [0.05, 0.1) is 5.52 Å².